The van der Waals surface area contributed by atoms with Gasteiger partial charge in [0.25, 0.3) is 0 Å². The number of rotatable bonds is 16. The number of hydrogen-bond acceptors (Lipinski definition) is 11. The van der Waals surface area contributed by atoms with Gasteiger partial charge in [0.15, 0.2) is 11.5 Å². The first-order valence-electron chi connectivity index (χ1n) is 15.0. The number of oxazole rings is 1. The van der Waals surface area contributed by atoms with Crippen LogP contribution in [0.2, 0.25) is 0 Å². The zero-order valence-electron chi connectivity index (χ0n) is 26.1. The van der Waals surface area contributed by atoms with E-state index in [9.17, 15) is 29.1 Å². The maximum atomic E-state index is 12.8. The molecule has 0 aliphatic carbocycles. The molecule has 4 aromatic rings. The number of nitrogens with zero attached hydrogens (tertiary/aromatic N) is 1. The molecule has 1 aromatic heterocycles. The summed E-state index contributed by atoms with van der Waals surface area (Å²) < 4.78 is 21.0. The summed E-state index contributed by atoms with van der Waals surface area (Å²) >= 11 is 0. The predicted octanol–water partition coefficient (Wildman–Crippen LogP) is 2.80. The van der Waals surface area contributed by atoms with Gasteiger partial charge in [-0.15, -0.1) is 0 Å². The van der Waals surface area contributed by atoms with Gasteiger partial charge in [0.1, 0.15) is 30.8 Å². The molecule has 3 aromatic carbocycles. The lowest BCUT2D eigenvalue weighted by Crippen LogP contribution is -2.49. The van der Waals surface area contributed by atoms with Gasteiger partial charge >= 0.3 is 24.0 Å². The number of methoxy groups -OCH3 is 1. The summed E-state index contributed by atoms with van der Waals surface area (Å²) in [7, 11) is 1.17. The maximum Gasteiger partial charge on any atom is 0.408 e. The molecule has 0 aliphatic rings. The van der Waals surface area contributed by atoms with Gasteiger partial charge < -0.3 is 40.1 Å². The van der Waals surface area contributed by atoms with E-state index in [-0.39, 0.29) is 38.4 Å². The Balaban J connectivity index is 1.34. The van der Waals surface area contributed by atoms with Gasteiger partial charge in [0.05, 0.1) is 19.6 Å². The monoisotopic (exact) mass is 660 g/mol. The summed E-state index contributed by atoms with van der Waals surface area (Å²) in [4.78, 5) is 66.3. The van der Waals surface area contributed by atoms with Crippen molar-refractivity contribution in [2.75, 3.05) is 7.11 Å². The maximum absolute atomic E-state index is 12.8. The lowest BCUT2D eigenvalue weighted by atomic mass is 10.0. The zero-order chi connectivity index (χ0) is 34.5. The molecular formula is C34H36N4O10. The van der Waals surface area contributed by atoms with Crippen LogP contribution in [0.25, 0.3) is 11.1 Å². The first kappa shape index (κ1) is 35.1. The van der Waals surface area contributed by atoms with Crippen LogP contribution in [0.1, 0.15) is 35.4 Å². The SMILES string of the molecule is COC(=O)[C@H](CCc1nc2c(C[C@H](NC(=O)OCc3ccccc3)C(=O)O)cccc2o1)NC(=O)[C@@H](N)CC(=O)OCc1ccccc1. The van der Waals surface area contributed by atoms with E-state index in [0.29, 0.717) is 16.7 Å². The molecule has 0 bridgehead atoms. The van der Waals surface area contributed by atoms with Crippen molar-refractivity contribution in [2.24, 2.45) is 5.73 Å². The minimum absolute atomic E-state index is 0.0122. The van der Waals surface area contributed by atoms with Gasteiger partial charge in [0, 0.05) is 12.8 Å². The van der Waals surface area contributed by atoms with E-state index >= 15 is 0 Å². The second-order valence-electron chi connectivity index (χ2n) is 10.8. The Morgan fingerprint density at radius 2 is 1.50 bits per heavy atom. The fraction of sp³-hybridized carbons (Fsp3) is 0.294. The largest absolute Gasteiger partial charge is 0.480 e. The van der Waals surface area contributed by atoms with E-state index in [2.05, 4.69) is 15.6 Å². The van der Waals surface area contributed by atoms with Crippen molar-refractivity contribution in [3.63, 3.8) is 0 Å². The highest BCUT2D eigenvalue weighted by Gasteiger charge is 2.27. The van der Waals surface area contributed by atoms with Crippen molar-refractivity contribution in [3.8, 4) is 0 Å². The third kappa shape index (κ3) is 10.4. The van der Waals surface area contributed by atoms with Gasteiger partial charge in [-0.05, 0) is 29.2 Å². The third-order valence-electron chi connectivity index (χ3n) is 7.19. The summed E-state index contributed by atoms with van der Waals surface area (Å²) in [6.45, 7) is 0.00127. The van der Waals surface area contributed by atoms with E-state index in [1.165, 1.54) is 7.11 Å². The lowest BCUT2D eigenvalue weighted by molar-refractivity contribution is -0.147. The van der Waals surface area contributed by atoms with E-state index in [1.54, 1.807) is 66.7 Å². The number of nitrogens with one attached hydrogen (secondary N) is 2. The molecule has 0 spiro atoms. The van der Waals surface area contributed by atoms with Gasteiger partial charge in [-0.1, -0.05) is 72.8 Å². The Kier molecular flexibility index (Phi) is 12.6. The zero-order valence-corrected chi connectivity index (χ0v) is 26.1. The molecule has 0 fully saturated rings. The average Bonchev–Trinajstić information content (AvgIpc) is 3.52. The minimum atomic E-state index is -1.32. The molecule has 0 radical (unpaired) electrons. The number of fused-ring (bicyclic) bond motifs is 1. The van der Waals surface area contributed by atoms with E-state index < -0.39 is 54.5 Å². The highest BCUT2D eigenvalue weighted by Crippen LogP contribution is 2.22. The molecular weight excluding hydrogens is 624 g/mol. The number of benzene rings is 3. The second kappa shape index (κ2) is 17.2. The highest BCUT2D eigenvalue weighted by molar-refractivity contribution is 5.90. The number of aryl methyl sites for hydroxylation is 1. The Morgan fingerprint density at radius 3 is 2.12 bits per heavy atom. The van der Waals surface area contributed by atoms with E-state index in [4.69, 9.17) is 24.4 Å². The first-order chi connectivity index (χ1) is 23.1. The molecule has 4 rings (SSSR count). The van der Waals surface area contributed by atoms with Crippen LogP contribution in [-0.4, -0.2) is 65.2 Å². The van der Waals surface area contributed by atoms with Crippen molar-refractivity contribution in [3.05, 3.63) is 101 Å². The number of nitrogens with two attached hydrogens (primary N) is 1. The number of esters is 2. The molecule has 0 saturated carbocycles. The summed E-state index contributed by atoms with van der Waals surface area (Å²) in [5, 5.41) is 14.6. The lowest BCUT2D eigenvalue weighted by Gasteiger charge is -2.18. The third-order valence-corrected chi connectivity index (χ3v) is 7.19. The number of alkyl carbamates (subject to hydrolysis) is 1. The topological polar surface area (TPSA) is 209 Å². The Hall–Kier alpha value is -5.76. The van der Waals surface area contributed by atoms with E-state index in [0.717, 1.165) is 11.1 Å². The summed E-state index contributed by atoms with van der Waals surface area (Å²) in [5.74, 6) is -3.24. The van der Waals surface area contributed by atoms with Crippen LogP contribution in [0.5, 0.6) is 0 Å². The first-order valence-corrected chi connectivity index (χ1v) is 15.0. The van der Waals surface area contributed by atoms with Crippen molar-refractivity contribution in [1.82, 2.24) is 15.6 Å². The average molecular weight is 661 g/mol. The second-order valence-corrected chi connectivity index (χ2v) is 10.8. The number of hydrogen-bond donors (Lipinski definition) is 4. The van der Waals surface area contributed by atoms with Crippen LogP contribution in [-0.2, 0) is 59.4 Å². The fourth-order valence-electron chi connectivity index (χ4n) is 4.66. The highest BCUT2D eigenvalue weighted by atomic mass is 16.5. The number of aliphatic carboxylic acids is 1. The van der Waals surface area contributed by atoms with E-state index in [1.807, 2.05) is 12.1 Å². The van der Waals surface area contributed by atoms with Crippen LogP contribution in [0.3, 0.4) is 0 Å². The number of carboxylic acid groups (broad SMARTS) is 1. The summed E-state index contributed by atoms with van der Waals surface area (Å²) in [6, 6.07) is 19.2. The van der Waals surface area contributed by atoms with Gasteiger partial charge in [-0.25, -0.2) is 19.4 Å². The molecule has 3 atom stereocenters. The normalized spacial score (nSPS) is 12.7. The molecule has 2 amide bonds. The molecule has 48 heavy (non-hydrogen) atoms. The Labute approximate surface area is 275 Å². The van der Waals surface area contributed by atoms with Gasteiger partial charge in [-0.3, -0.25) is 9.59 Å². The number of carboxylic acids is 1. The van der Waals surface area contributed by atoms with Crippen molar-refractivity contribution in [2.45, 2.75) is 57.0 Å². The van der Waals surface area contributed by atoms with Crippen LogP contribution >= 0.6 is 0 Å². The summed E-state index contributed by atoms with van der Waals surface area (Å²) in [6.07, 6.45) is -1.32. The number of carbonyl (C=O) groups excluding carboxylic acids is 4. The van der Waals surface area contributed by atoms with Crippen LogP contribution < -0.4 is 16.4 Å². The molecule has 252 valence electrons. The number of para-hydroxylation sites is 1. The van der Waals surface area contributed by atoms with Gasteiger partial charge in [0.2, 0.25) is 5.91 Å². The molecule has 14 heteroatoms. The number of amides is 2. The number of carbonyl (C=O) groups is 5. The molecule has 5 N–H and O–H groups in total. The molecule has 1 heterocycles. The van der Waals surface area contributed by atoms with Crippen molar-refractivity contribution >= 4 is 41.0 Å². The fourth-order valence-corrected chi connectivity index (χ4v) is 4.66. The number of ether oxygens (including phenoxy) is 3. The van der Waals surface area contributed by atoms with Crippen molar-refractivity contribution < 1.29 is 47.7 Å². The van der Waals surface area contributed by atoms with Crippen LogP contribution in [0.4, 0.5) is 4.79 Å². The predicted molar refractivity (Wildman–Crippen MR) is 170 cm³/mol. The Bertz CT molecular complexity index is 1710. The minimum Gasteiger partial charge on any atom is -0.480 e. The molecule has 0 unspecified atom stereocenters. The Morgan fingerprint density at radius 1 is 0.854 bits per heavy atom. The van der Waals surface area contributed by atoms with Crippen LogP contribution in [0, 0.1) is 0 Å². The standard InChI is InChI=1S/C34H36N4O10/c1-45-33(43)25(36-31(40)24(35)18-29(39)46-19-21-9-4-2-5-10-21)15-16-28-38-30-23(13-8-14-27(30)48-28)17-26(32(41)42)37-34(44)47-20-22-11-6-3-7-12-22/h2-14,24-26H,15-20,35H2,1H3,(H,36,40)(H,37,44)(H,41,42)/t24-,25-,26-/m0/s1. The molecule has 0 aliphatic heterocycles. The number of aromatic nitrogens is 1. The quantitative estimate of drug-likeness (QED) is 0.101. The van der Waals surface area contributed by atoms with Gasteiger partial charge in [-0.2, -0.15) is 0 Å². The smallest absolute Gasteiger partial charge is 0.408 e. The van der Waals surface area contributed by atoms with Crippen LogP contribution in [0.15, 0.2) is 83.3 Å². The molecule has 0 saturated heterocycles. The molecule has 14 nitrogen and oxygen atoms in total. The summed E-state index contributed by atoms with van der Waals surface area (Å²) in [5.41, 5.74) is 8.65. The van der Waals surface area contributed by atoms with Crippen molar-refractivity contribution in [1.29, 1.82) is 0 Å².